The van der Waals surface area contributed by atoms with Crippen LogP contribution in [-0.2, 0) is 11.3 Å². The Kier molecular flexibility index (Phi) is 7.35. The van der Waals surface area contributed by atoms with Crippen molar-refractivity contribution in [1.29, 1.82) is 0 Å². The lowest BCUT2D eigenvalue weighted by molar-refractivity contribution is -0.131. The van der Waals surface area contributed by atoms with Gasteiger partial charge in [-0.05, 0) is 74.2 Å². The average Bonchev–Trinajstić information content (AvgIpc) is 3.02. The van der Waals surface area contributed by atoms with Gasteiger partial charge in [0.05, 0.1) is 16.8 Å². The van der Waals surface area contributed by atoms with Crippen LogP contribution in [0.5, 0.6) is 0 Å². The molecule has 1 saturated carbocycles. The van der Waals surface area contributed by atoms with Crippen molar-refractivity contribution in [3.8, 4) is 11.3 Å². The van der Waals surface area contributed by atoms with E-state index in [9.17, 15) is 14.7 Å². The van der Waals surface area contributed by atoms with Crippen LogP contribution in [0.25, 0.3) is 22.2 Å². The number of aromatic carboxylic acids is 1. The lowest BCUT2D eigenvalue weighted by Gasteiger charge is -2.25. The van der Waals surface area contributed by atoms with E-state index in [1.165, 1.54) is 24.8 Å². The first kappa shape index (κ1) is 24.8. The molecule has 5 rings (SSSR count). The number of halogens is 1. The predicted molar refractivity (Wildman–Crippen MR) is 144 cm³/mol. The van der Waals surface area contributed by atoms with Gasteiger partial charge in [0, 0.05) is 30.0 Å². The van der Waals surface area contributed by atoms with Gasteiger partial charge in [-0.2, -0.15) is 0 Å². The molecule has 0 bridgehead atoms. The van der Waals surface area contributed by atoms with Gasteiger partial charge in [0.15, 0.2) is 0 Å². The lowest BCUT2D eigenvalue weighted by Crippen LogP contribution is -2.36. The summed E-state index contributed by atoms with van der Waals surface area (Å²) in [6.07, 6.45) is 6.78. The molecule has 1 N–H and O–H groups in total. The minimum Gasteiger partial charge on any atom is -0.478 e. The molecule has 1 saturated heterocycles. The van der Waals surface area contributed by atoms with E-state index in [0.29, 0.717) is 17.5 Å². The summed E-state index contributed by atoms with van der Waals surface area (Å²) in [5.74, 6) is -0.502. The molecule has 190 valence electrons. The number of carboxylic acid groups (broad SMARTS) is 1. The van der Waals surface area contributed by atoms with E-state index >= 15 is 0 Å². The molecule has 1 aromatic heterocycles. The molecule has 6 nitrogen and oxygen atoms in total. The molecule has 0 unspecified atom stereocenters. The van der Waals surface area contributed by atoms with Gasteiger partial charge in [-0.3, -0.25) is 4.79 Å². The minimum atomic E-state index is -0.959. The Balaban J connectivity index is 1.68. The van der Waals surface area contributed by atoms with Gasteiger partial charge in [-0.25, -0.2) is 4.79 Å². The van der Waals surface area contributed by atoms with Gasteiger partial charge in [0.25, 0.3) is 0 Å². The zero-order chi connectivity index (χ0) is 25.2. The van der Waals surface area contributed by atoms with E-state index in [2.05, 4.69) is 16.5 Å². The smallest absolute Gasteiger partial charge is 0.335 e. The number of likely N-dealkylation sites (N-methyl/N-ethyl adjacent to an activating group) is 1. The third-order valence-electron chi connectivity index (χ3n) is 7.85. The normalized spacial score (nSPS) is 17.9. The fourth-order valence-corrected chi connectivity index (χ4v) is 6.05. The van der Waals surface area contributed by atoms with Crippen molar-refractivity contribution in [3.63, 3.8) is 0 Å². The molecule has 2 aromatic carbocycles. The Bertz CT molecular complexity index is 1260. The second kappa shape index (κ2) is 10.7. The van der Waals surface area contributed by atoms with Crippen molar-refractivity contribution in [3.05, 3.63) is 58.6 Å². The van der Waals surface area contributed by atoms with Crippen LogP contribution in [0.4, 0.5) is 0 Å². The molecule has 0 spiro atoms. The van der Waals surface area contributed by atoms with Crippen molar-refractivity contribution in [2.75, 3.05) is 33.2 Å². The van der Waals surface area contributed by atoms with Gasteiger partial charge in [-0.15, -0.1) is 0 Å². The van der Waals surface area contributed by atoms with Crippen LogP contribution in [0, 0.1) is 0 Å². The molecule has 2 fully saturated rings. The Labute approximate surface area is 217 Å². The minimum absolute atomic E-state index is 0.0772. The second-order valence-electron chi connectivity index (χ2n) is 10.3. The maximum Gasteiger partial charge on any atom is 0.335 e. The number of aromatic nitrogens is 1. The fourth-order valence-electron chi connectivity index (χ4n) is 5.93. The third-order valence-corrected chi connectivity index (χ3v) is 8.10. The maximum absolute atomic E-state index is 13.7. The number of benzene rings is 2. The van der Waals surface area contributed by atoms with Crippen molar-refractivity contribution in [2.45, 2.75) is 51.0 Å². The predicted octanol–water partition coefficient (Wildman–Crippen LogP) is 5.87. The van der Waals surface area contributed by atoms with Gasteiger partial charge < -0.3 is 19.5 Å². The van der Waals surface area contributed by atoms with E-state index in [0.717, 1.165) is 61.1 Å². The molecule has 36 heavy (non-hydrogen) atoms. The first-order chi connectivity index (χ1) is 17.4. The van der Waals surface area contributed by atoms with Gasteiger partial charge in [0.2, 0.25) is 5.91 Å². The Morgan fingerprint density at radius 2 is 1.69 bits per heavy atom. The third kappa shape index (κ3) is 5.02. The molecule has 1 aliphatic carbocycles. The standard InChI is InChI=1S/C29H34ClN3O3/c1-31-14-5-15-32(17-16-31)26(34)19-33-25-18-22(29(35)36)10-13-24(25)27(20-6-3-2-4-7-20)28(33)21-8-11-23(30)12-9-21/h8-13,18,20H,2-7,14-17,19H2,1H3,(H,35,36). The van der Waals surface area contributed by atoms with Crippen LogP contribution < -0.4 is 0 Å². The number of hydrogen-bond acceptors (Lipinski definition) is 3. The maximum atomic E-state index is 13.7. The van der Waals surface area contributed by atoms with E-state index in [-0.39, 0.29) is 18.0 Å². The largest absolute Gasteiger partial charge is 0.478 e. The lowest BCUT2D eigenvalue weighted by atomic mass is 9.82. The highest BCUT2D eigenvalue weighted by molar-refractivity contribution is 6.30. The topological polar surface area (TPSA) is 65.8 Å². The number of carbonyl (C=O) groups is 2. The highest BCUT2D eigenvalue weighted by Crippen LogP contribution is 2.44. The van der Waals surface area contributed by atoms with Gasteiger partial charge in [-0.1, -0.05) is 49.1 Å². The van der Waals surface area contributed by atoms with Crippen LogP contribution in [0.1, 0.15) is 60.4 Å². The molecule has 2 heterocycles. The molecule has 7 heteroatoms. The Morgan fingerprint density at radius 1 is 0.944 bits per heavy atom. The molecular formula is C29H34ClN3O3. The second-order valence-corrected chi connectivity index (χ2v) is 10.7. The first-order valence-corrected chi connectivity index (χ1v) is 13.4. The molecule has 3 aromatic rings. The van der Waals surface area contributed by atoms with Crippen molar-refractivity contribution >= 4 is 34.4 Å². The van der Waals surface area contributed by atoms with Crippen LogP contribution in [-0.4, -0.2) is 64.6 Å². The number of nitrogens with zero attached hydrogens (tertiary/aromatic N) is 3. The van der Waals surface area contributed by atoms with Crippen LogP contribution in [0.2, 0.25) is 5.02 Å². The summed E-state index contributed by atoms with van der Waals surface area (Å²) in [4.78, 5) is 29.8. The van der Waals surface area contributed by atoms with Crippen LogP contribution in [0.15, 0.2) is 42.5 Å². The zero-order valence-corrected chi connectivity index (χ0v) is 21.6. The van der Waals surface area contributed by atoms with Crippen LogP contribution in [0.3, 0.4) is 0 Å². The number of fused-ring (bicyclic) bond motifs is 1. The fraction of sp³-hybridized carbons (Fsp3) is 0.448. The summed E-state index contributed by atoms with van der Waals surface area (Å²) in [6, 6.07) is 13.2. The number of amides is 1. The average molecular weight is 508 g/mol. The number of rotatable bonds is 5. The summed E-state index contributed by atoms with van der Waals surface area (Å²) in [6.45, 7) is 3.49. The molecule has 1 amide bonds. The zero-order valence-electron chi connectivity index (χ0n) is 20.9. The highest BCUT2D eigenvalue weighted by Gasteiger charge is 2.29. The summed E-state index contributed by atoms with van der Waals surface area (Å²) in [5, 5.41) is 11.5. The molecule has 1 aliphatic heterocycles. The van der Waals surface area contributed by atoms with E-state index < -0.39 is 5.97 Å². The SMILES string of the molecule is CN1CCCN(C(=O)Cn2c(-c3ccc(Cl)cc3)c(C3CCCCC3)c3ccc(C(=O)O)cc32)CC1. The summed E-state index contributed by atoms with van der Waals surface area (Å²) in [5.41, 5.74) is 4.34. The highest BCUT2D eigenvalue weighted by atomic mass is 35.5. The van der Waals surface area contributed by atoms with E-state index in [1.807, 2.05) is 35.2 Å². The summed E-state index contributed by atoms with van der Waals surface area (Å²) >= 11 is 6.24. The van der Waals surface area contributed by atoms with E-state index in [4.69, 9.17) is 11.6 Å². The summed E-state index contributed by atoms with van der Waals surface area (Å²) in [7, 11) is 2.09. The number of carbonyl (C=O) groups excluding carboxylic acids is 1. The van der Waals surface area contributed by atoms with Crippen molar-refractivity contribution in [1.82, 2.24) is 14.4 Å². The molecular weight excluding hydrogens is 474 g/mol. The van der Waals surface area contributed by atoms with E-state index in [1.54, 1.807) is 12.1 Å². The monoisotopic (exact) mass is 507 g/mol. The Morgan fingerprint density at radius 3 is 2.42 bits per heavy atom. The van der Waals surface area contributed by atoms with Crippen molar-refractivity contribution in [2.24, 2.45) is 0 Å². The van der Waals surface area contributed by atoms with Gasteiger partial charge in [0.1, 0.15) is 6.54 Å². The Hall–Kier alpha value is -2.83. The van der Waals surface area contributed by atoms with Crippen LogP contribution >= 0.6 is 11.6 Å². The molecule has 0 radical (unpaired) electrons. The first-order valence-electron chi connectivity index (χ1n) is 13.0. The quantitative estimate of drug-likeness (QED) is 0.469. The molecule has 0 atom stereocenters. The summed E-state index contributed by atoms with van der Waals surface area (Å²) < 4.78 is 2.08. The van der Waals surface area contributed by atoms with Crippen molar-refractivity contribution < 1.29 is 14.7 Å². The van der Waals surface area contributed by atoms with Gasteiger partial charge >= 0.3 is 5.97 Å². The number of carboxylic acids is 1. The number of hydrogen-bond donors (Lipinski definition) is 1. The molecule has 2 aliphatic rings.